The molecule has 0 aliphatic heterocycles. The first-order valence-corrected chi connectivity index (χ1v) is 7.80. The molecule has 0 aliphatic rings. The number of hydrogen-bond acceptors (Lipinski definition) is 5. The monoisotopic (exact) mass is 352 g/mol. The van der Waals surface area contributed by atoms with Crippen molar-refractivity contribution in [2.45, 2.75) is 0 Å². The van der Waals surface area contributed by atoms with E-state index in [-0.39, 0.29) is 5.91 Å². The van der Waals surface area contributed by atoms with Crippen molar-refractivity contribution in [2.75, 3.05) is 33.3 Å². The molecule has 0 saturated carbocycles. The number of methoxy groups -OCH3 is 3. The lowest BCUT2D eigenvalue weighted by Gasteiger charge is -2.15. The van der Waals surface area contributed by atoms with Crippen molar-refractivity contribution in [3.8, 4) is 23.3 Å². The van der Waals surface area contributed by atoms with Crippen molar-refractivity contribution in [3.63, 3.8) is 0 Å². The lowest BCUT2D eigenvalue weighted by Crippen LogP contribution is -2.23. The van der Waals surface area contributed by atoms with Crippen LogP contribution in [0.5, 0.6) is 17.2 Å². The van der Waals surface area contributed by atoms with Gasteiger partial charge in [0.1, 0.15) is 0 Å². The average molecular weight is 352 g/mol. The van der Waals surface area contributed by atoms with Crippen LogP contribution in [-0.2, 0) is 4.79 Å². The fourth-order valence-corrected chi connectivity index (χ4v) is 2.39. The Morgan fingerprint density at radius 2 is 1.73 bits per heavy atom. The Kier molecular flexibility index (Phi) is 6.23. The standard InChI is InChI=1S/C20H20N2O4/c1-22(16-7-5-6-15(10-16)13-21)19(23)9-8-14-11-17(24-2)20(26-4)18(12-14)25-3/h5-12H,1-4H3. The summed E-state index contributed by atoms with van der Waals surface area (Å²) >= 11 is 0. The van der Waals surface area contributed by atoms with Crippen LogP contribution in [0, 0.1) is 11.3 Å². The van der Waals surface area contributed by atoms with Gasteiger partial charge in [0.2, 0.25) is 5.75 Å². The number of hydrogen-bond donors (Lipinski definition) is 0. The van der Waals surface area contributed by atoms with Gasteiger partial charge in [-0.2, -0.15) is 5.26 Å². The van der Waals surface area contributed by atoms with Gasteiger partial charge in [0.25, 0.3) is 5.91 Å². The van der Waals surface area contributed by atoms with Crippen LogP contribution in [0.1, 0.15) is 11.1 Å². The maximum atomic E-state index is 12.4. The zero-order valence-corrected chi connectivity index (χ0v) is 15.1. The molecule has 0 N–H and O–H groups in total. The van der Waals surface area contributed by atoms with E-state index in [1.54, 1.807) is 49.5 Å². The van der Waals surface area contributed by atoms with Gasteiger partial charge in [-0.05, 0) is 42.0 Å². The first-order valence-electron chi connectivity index (χ1n) is 7.80. The highest BCUT2D eigenvalue weighted by atomic mass is 16.5. The molecule has 2 aromatic carbocycles. The van der Waals surface area contributed by atoms with Crippen LogP contribution in [0.3, 0.4) is 0 Å². The Balaban J connectivity index is 2.25. The minimum absolute atomic E-state index is 0.228. The quantitative estimate of drug-likeness (QED) is 0.746. The van der Waals surface area contributed by atoms with Gasteiger partial charge in [0.05, 0.1) is 33.0 Å². The van der Waals surface area contributed by atoms with Gasteiger partial charge < -0.3 is 19.1 Å². The van der Waals surface area contributed by atoms with E-state index in [1.165, 1.54) is 32.3 Å². The number of nitriles is 1. The Hall–Kier alpha value is -3.46. The summed E-state index contributed by atoms with van der Waals surface area (Å²) in [7, 11) is 6.25. The summed E-state index contributed by atoms with van der Waals surface area (Å²) in [5.41, 5.74) is 1.87. The van der Waals surface area contributed by atoms with Crippen LogP contribution >= 0.6 is 0 Å². The minimum Gasteiger partial charge on any atom is -0.493 e. The Morgan fingerprint density at radius 1 is 1.08 bits per heavy atom. The number of rotatable bonds is 6. The number of likely N-dealkylation sites (N-methyl/N-ethyl adjacent to an activating group) is 1. The van der Waals surface area contributed by atoms with Crippen molar-refractivity contribution in [1.29, 1.82) is 5.26 Å². The fourth-order valence-electron chi connectivity index (χ4n) is 2.39. The lowest BCUT2D eigenvalue weighted by atomic mass is 10.1. The van der Waals surface area contributed by atoms with Crippen LogP contribution in [0.2, 0.25) is 0 Å². The minimum atomic E-state index is -0.228. The van der Waals surface area contributed by atoms with Gasteiger partial charge >= 0.3 is 0 Å². The predicted octanol–water partition coefficient (Wildman–Crippen LogP) is 3.26. The average Bonchev–Trinajstić information content (AvgIpc) is 2.70. The number of anilines is 1. The summed E-state index contributed by atoms with van der Waals surface area (Å²) in [6.45, 7) is 0. The molecule has 6 heteroatoms. The molecule has 2 rings (SSSR count). The van der Waals surface area contributed by atoms with Crippen LogP contribution < -0.4 is 19.1 Å². The third-order valence-electron chi connectivity index (χ3n) is 3.80. The second-order valence-corrected chi connectivity index (χ2v) is 5.35. The van der Waals surface area contributed by atoms with E-state index in [0.717, 1.165) is 5.56 Å². The number of nitrogens with zero attached hydrogens (tertiary/aromatic N) is 2. The fraction of sp³-hybridized carbons (Fsp3) is 0.200. The molecule has 26 heavy (non-hydrogen) atoms. The first-order chi connectivity index (χ1) is 12.5. The van der Waals surface area contributed by atoms with E-state index in [0.29, 0.717) is 28.5 Å². The highest BCUT2D eigenvalue weighted by Crippen LogP contribution is 2.38. The van der Waals surface area contributed by atoms with Gasteiger partial charge in [-0.3, -0.25) is 4.79 Å². The largest absolute Gasteiger partial charge is 0.493 e. The topological polar surface area (TPSA) is 71.8 Å². The van der Waals surface area contributed by atoms with Crippen molar-refractivity contribution in [2.24, 2.45) is 0 Å². The number of carbonyl (C=O) groups excluding carboxylic acids is 1. The number of benzene rings is 2. The Labute approximate surface area is 152 Å². The first kappa shape index (κ1) is 18.9. The summed E-state index contributed by atoms with van der Waals surface area (Å²) in [5.74, 6) is 1.28. The SMILES string of the molecule is COc1cc(C=CC(=O)N(C)c2cccc(C#N)c2)cc(OC)c1OC. The molecule has 0 bridgehead atoms. The molecule has 0 fully saturated rings. The summed E-state index contributed by atoms with van der Waals surface area (Å²) < 4.78 is 15.9. The summed E-state index contributed by atoms with van der Waals surface area (Å²) in [6, 6.07) is 12.4. The second kappa shape index (κ2) is 8.58. The van der Waals surface area contributed by atoms with Gasteiger partial charge in [-0.25, -0.2) is 0 Å². The molecular weight excluding hydrogens is 332 g/mol. The highest BCUT2D eigenvalue weighted by molar-refractivity contribution is 6.03. The molecule has 134 valence electrons. The summed E-state index contributed by atoms with van der Waals surface area (Å²) in [6.07, 6.45) is 3.11. The van der Waals surface area contributed by atoms with E-state index < -0.39 is 0 Å². The van der Waals surface area contributed by atoms with E-state index in [9.17, 15) is 4.79 Å². The molecule has 0 spiro atoms. The third-order valence-corrected chi connectivity index (χ3v) is 3.80. The van der Waals surface area contributed by atoms with E-state index >= 15 is 0 Å². The molecule has 0 radical (unpaired) electrons. The molecular formula is C20H20N2O4. The molecule has 0 saturated heterocycles. The number of ether oxygens (including phenoxy) is 3. The van der Waals surface area contributed by atoms with E-state index in [4.69, 9.17) is 19.5 Å². The highest BCUT2D eigenvalue weighted by Gasteiger charge is 2.13. The molecule has 0 heterocycles. The van der Waals surface area contributed by atoms with Crippen molar-refractivity contribution in [3.05, 3.63) is 53.6 Å². The second-order valence-electron chi connectivity index (χ2n) is 5.35. The smallest absolute Gasteiger partial charge is 0.250 e. The molecule has 6 nitrogen and oxygen atoms in total. The molecule has 0 atom stereocenters. The number of carbonyl (C=O) groups is 1. The molecule has 0 aromatic heterocycles. The normalized spacial score (nSPS) is 10.3. The van der Waals surface area contributed by atoms with Gasteiger partial charge in [-0.1, -0.05) is 6.07 Å². The van der Waals surface area contributed by atoms with Gasteiger partial charge in [0.15, 0.2) is 11.5 Å². The molecule has 0 aliphatic carbocycles. The maximum Gasteiger partial charge on any atom is 0.250 e. The van der Waals surface area contributed by atoms with Crippen LogP contribution in [0.15, 0.2) is 42.5 Å². The van der Waals surface area contributed by atoms with E-state index in [2.05, 4.69) is 6.07 Å². The summed E-state index contributed by atoms with van der Waals surface area (Å²) in [5, 5.41) is 8.97. The van der Waals surface area contributed by atoms with Crippen LogP contribution in [0.4, 0.5) is 5.69 Å². The zero-order valence-electron chi connectivity index (χ0n) is 15.1. The Bertz CT molecular complexity index is 843. The molecule has 2 aromatic rings. The van der Waals surface area contributed by atoms with Gasteiger partial charge in [-0.15, -0.1) is 0 Å². The molecule has 1 amide bonds. The van der Waals surface area contributed by atoms with Gasteiger partial charge in [0, 0.05) is 18.8 Å². The molecule has 0 unspecified atom stereocenters. The van der Waals surface area contributed by atoms with Crippen molar-refractivity contribution < 1.29 is 19.0 Å². The lowest BCUT2D eigenvalue weighted by molar-refractivity contribution is -0.113. The number of amides is 1. The Morgan fingerprint density at radius 3 is 2.27 bits per heavy atom. The summed E-state index contributed by atoms with van der Waals surface area (Å²) in [4.78, 5) is 13.9. The maximum absolute atomic E-state index is 12.4. The van der Waals surface area contributed by atoms with Crippen LogP contribution in [0.25, 0.3) is 6.08 Å². The third kappa shape index (κ3) is 4.14. The van der Waals surface area contributed by atoms with Crippen molar-refractivity contribution >= 4 is 17.7 Å². The zero-order chi connectivity index (χ0) is 19.1. The van der Waals surface area contributed by atoms with E-state index in [1.807, 2.05) is 0 Å². The van der Waals surface area contributed by atoms with Crippen molar-refractivity contribution in [1.82, 2.24) is 0 Å². The van der Waals surface area contributed by atoms with Crippen LogP contribution in [-0.4, -0.2) is 34.3 Å². The predicted molar refractivity (Wildman–Crippen MR) is 99.7 cm³/mol.